The molecule has 0 atom stereocenters. The maximum atomic E-state index is 5.93. The molecule has 0 aliphatic rings. The van der Waals surface area contributed by atoms with Gasteiger partial charge in [-0.05, 0) is 32.0 Å². The fourth-order valence-electron chi connectivity index (χ4n) is 1.60. The summed E-state index contributed by atoms with van der Waals surface area (Å²) in [5.41, 5.74) is 2.22. The van der Waals surface area contributed by atoms with Gasteiger partial charge in [0.25, 0.3) is 0 Å². The third kappa shape index (κ3) is 2.01. The normalized spacial score (nSPS) is 10.7. The van der Waals surface area contributed by atoms with Crippen LogP contribution in [0.15, 0.2) is 24.3 Å². The molecule has 0 spiro atoms. The van der Waals surface area contributed by atoms with Crippen LogP contribution in [0.3, 0.4) is 0 Å². The van der Waals surface area contributed by atoms with Crippen LogP contribution in [0, 0.1) is 13.8 Å². The zero-order chi connectivity index (χ0) is 11.0. The fraction of sp³-hybridized carbons (Fsp3) is 0.182. The zero-order valence-corrected chi connectivity index (χ0v) is 9.97. The first kappa shape index (κ1) is 10.5. The monoisotopic (exact) mass is 240 g/mol. The smallest absolute Gasteiger partial charge is 0.140 e. The average Bonchev–Trinajstić information content (AvgIpc) is 2.44. The lowest BCUT2D eigenvalue weighted by atomic mass is 10.4. The van der Waals surface area contributed by atoms with Crippen molar-refractivity contribution >= 4 is 23.2 Å². The largest absolute Gasteiger partial charge is 0.303 e. The SMILES string of the molecule is Cc1ccc(C)n1-c1cc(Cl)cc(Cl)n1. The van der Waals surface area contributed by atoms with E-state index >= 15 is 0 Å². The number of nitrogens with zero attached hydrogens (tertiary/aromatic N) is 2. The van der Waals surface area contributed by atoms with Crippen molar-refractivity contribution in [3.63, 3.8) is 0 Å². The number of hydrogen-bond acceptors (Lipinski definition) is 1. The third-order valence-electron chi connectivity index (χ3n) is 2.25. The highest BCUT2D eigenvalue weighted by Crippen LogP contribution is 2.21. The molecule has 0 amide bonds. The van der Waals surface area contributed by atoms with E-state index in [-0.39, 0.29) is 0 Å². The summed E-state index contributed by atoms with van der Waals surface area (Å²) in [6.07, 6.45) is 0. The Morgan fingerprint density at radius 1 is 1.07 bits per heavy atom. The Bertz CT molecular complexity index is 464. The van der Waals surface area contributed by atoms with E-state index in [0.717, 1.165) is 17.2 Å². The van der Waals surface area contributed by atoms with Gasteiger partial charge in [0, 0.05) is 22.5 Å². The van der Waals surface area contributed by atoms with E-state index in [1.165, 1.54) is 0 Å². The minimum absolute atomic E-state index is 0.407. The molecule has 2 heterocycles. The number of pyridine rings is 1. The Morgan fingerprint density at radius 3 is 2.20 bits per heavy atom. The van der Waals surface area contributed by atoms with Crippen molar-refractivity contribution in [2.75, 3.05) is 0 Å². The quantitative estimate of drug-likeness (QED) is 0.694. The van der Waals surface area contributed by atoms with Crippen LogP contribution in [0.25, 0.3) is 5.82 Å². The molecule has 4 heteroatoms. The van der Waals surface area contributed by atoms with Crippen molar-refractivity contribution in [3.05, 3.63) is 45.8 Å². The van der Waals surface area contributed by atoms with Gasteiger partial charge in [-0.25, -0.2) is 4.98 Å². The van der Waals surface area contributed by atoms with E-state index in [1.54, 1.807) is 12.1 Å². The van der Waals surface area contributed by atoms with Crippen LogP contribution in [0.4, 0.5) is 0 Å². The predicted octanol–water partition coefficient (Wildman–Crippen LogP) is 3.80. The molecule has 0 fully saturated rings. The lowest BCUT2D eigenvalue weighted by molar-refractivity contribution is 0.923. The van der Waals surface area contributed by atoms with Crippen LogP contribution in [0.1, 0.15) is 11.4 Å². The maximum absolute atomic E-state index is 5.93. The first-order chi connectivity index (χ1) is 7.08. The number of aryl methyl sites for hydroxylation is 2. The second-order valence-electron chi connectivity index (χ2n) is 3.42. The number of halogens is 2. The molecule has 2 nitrogen and oxygen atoms in total. The Labute approximate surface area is 98.5 Å². The van der Waals surface area contributed by atoms with Gasteiger partial charge in [-0.3, -0.25) is 0 Å². The Hall–Kier alpha value is -0.990. The van der Waals surface area contributed by atoms with Gasteiger partial charge in [-0.2, -0.15) is 0 Å². The second-order valence-corrected chi connectivity index (χ2v) is 4.24. The fourth-order valence-corrected chi connectivity index (χ4v) is 2.06. The first-order valence-electron chi connectivity index (χ1n) is 4.56. The second kappa shape index (κ2) is 3.87. The van der Waals surface area contributed by atoms with E-state index in [9.17, 15) is 0 Å². The summed E-state index contributed by atoms with van der Waals surface area (Å²) in [5.74, 6) is 0.757. The van der Waals surface area contributed by atoms with Crippen molar-refractivity contribution in [3.8, 4) is 5.82 Å². The molecule has 78 valence electrons. The van der Waals surface area contributed by atoms with Crippen LogP contribution >= 0.6 is 23.2 Å². The van der Waals surface area contributed by atoms with Crippen LogP contribution in [-0.2, 0) is 0 Å². The molecule has 0 saturated heterocycles. The maximum Gasteiger partial charge on any atom is 0.140 e. The molecule has 2 aromatic heterocycles. The van der Waals surface area contributed by atoms with E-state index in [1.807, 2.05) is 30.5 Å². The van der Waals surface area contributed by atoms with Gasteiger partial charge in [0.05, 0.1) is 0 Å². The molecular weight excluding hydrogens is 231 g/mol. The molecule has 0 aromatic carbocycles. The molecule has 15 heavy (non-hydrogen) atoms. The Kier molecular flexibility index (Phi) is 2.72. The van der Waals surface area contributed by atoms with E-state index < -0.39 is 0 Å². The standard InChI is InChI=1S/C11H10Cl2N2/c1-7-3-4-8(2)15(7)11-6-9(12)5-10(13)14-11/h3-6H,1-2H3. The van der Waals surface area contributed by atoms with Crippen LogP contribution in [-0.4, -0.2) is 9.55 Å². The molecule has 2 rings (SSSR count). The summed E-state index contributed by atoms with van der Waals surface area (Å²) in [6, 6.07) is 7.49. The molecular formula is C11H10Cl2N2. The van der Waals surface area contributed by atoms with Crippen molar-refractivity contribution in [2.24, 2.45) is 0 Å². The van der Waals surface area contributed by atoms with E-state index in [0.29, 0.717) is 10.2 Å². The van der Waals surface area contributed by atoms with Crippen molar-refractivity contribution in [2.45, 2.75) is 13.8 Å². The van der Waals surface area contributed by atoms with Gasteiger partial charge in [0.15, 0.2) is 0 Å². The number of rotatable bonds is 1. The molecule has 0 aliphatic carbocycles. The Morgan fingerprint density at radius 2 is 1.67 bits per heavy atom. The van der Waals surface area contributed by atoms with Gasteiger partial charge in [-0.1, -0.05) is 23.2 Å². The summed E-state index contributed by atoms with van der Waals surface area (Å²) in [6.45, 7) is 4.03. The Balaban J connectivity index is 2.63. The highest BCUT2D eigenvalue weighted by atomic mass is 35.5. The summed E-state index contributed by atoms with van der Waals surface area (Å²) < 4.78 is 2.01. The van der Waals surface area contributed by atoms with Crippen molar-refractivity contribution < 1.29 is 0 Å². The highest BCUT2D eigenvalue weighted by molar-refractivity contribution is 6.34. The molecule has 0 bridgehead atoms. The molecule has 0 N–H and O–H groups in total. The molecule has 0 aliphatic heterocycles. The molecule has 0 saturated carbocycles. The summed E-state index contributed by atoms with van der Waals surface area (Å²) in [5, 5.41) is 1.00. The van der Waals surface area contributed by atoms with Crippen LogP contribution in [0.5, 0.6) is 0 Å². The van der Waals surface area contributed by atoms with E-state index in [2.05, 4.69) is 4.98 Å². The topological polar surface area (TPSA) is 17.8 Å². The van der Waals surface area contributed by atoms with Crippen molar-refractivity contribution in [1.82, 2.24) is 9.55 Å². The van der Waals surface area contributed by atoms with Crippen LogP contribution in [0.2, 0.25) is 10.2 Å². The minimum Gasteiger partial charge on any atom is -0.303 e. The third-order valence-corrected chi connectivity index (χ3v) is 2.66. The van der Waals surface area contributed by atoms with Crippen LogP contribution < -0.4 is 0 Å². The number of hydrogen-bond donors (Lipinski definition) is 0. The van der Waals surface area contributed by atoms with Crippen molar-refractivity contribution in [1.29, 1.82) is 0 Å². The molecule has 2 aromatic rings. The minimum atomic E-state index is 0.407. The summed E-state index contributed by atoms with van der Waals surface area (Å²) >= 11 is 11.8. The predicted molar refractivity (Wildman–Crippen MR) is 63.1 cm³/mol. The lowest BCUT2D eigenvalue weighted by Gasteiger charge is -2.08. The number of aromatic nitrogens is 2. The van der Waals surface area contributed by atoms with Gasteiger partial charge < -0.3 is 4.57 Å². The average molecular weight is 241 g/mol. The highest BCUT2D eigenvalue weighted by Gasteiger charge is 2.06. The van der Waals surface area contributed by atoms with Gasteiger partial charge in [-0.15, -0.1) is 0 Å². The summed E-state index contributed by atoms with van der Waals surface area (Å²) in [4.78, 5) is 4.24. The van der Waals surface area contributed by atoms with Gasteiger partial charge >= 0.3 is 0 Å². The lowest BCUT2D eigenvalue weighted by Crippen LogP contribution is -2.01. The molecule has 0 radical (unpaired) electrons. The van der Waals surface area contributed by atoms with E-state index in [4.69, 9.17) is 23.2 Å². The summed E-state index contributed by atoms with van der Waals surface area (Å²) in [7, 11) is 0. The first-order valence-corrected chi connectivity index (χ1v) is 5.32. The van der Waals surface area contributed by atoms with Gasteiger partial charge in [0.1, 0.15) is 11.0 Å². The molecule has 0 unspecified atom stereocenters. The zero-order valence-electron chi connectivity index (χ0n) is 8.46. The van der Waals surface area contributed by atoms with Gasteiger partial charge in [0.2, 0.25) is 0 Å².